The molecule has 4 heteroatoms. The van der Waals surface area contributed by atoms with Crippen molar-refractivity contribution in [3.05, 3.63) is 52.8 Å². The standard InChI is InChI=1S/C16H18N2OS/c1-12-16(9-15(11-19)17(12)2)20-18-8-7-13-5-3-4-6-14(13)10-18/h3-6,9,11H,7-8,10H2,1-2H3. The van der Waals surface area contributed by atoms with E-state index in [1.807, 2.05) is 17.7 Å². The van der Waals surface area contributed by atoms with E-state index in [0.29, 0.717) is 0 Å². The van der Waals surface area contributed by atoms with Crippen molar-refractivity contribution in [1.82, 2.24) is 8.87 Å². The molecule has 0 amide bonds. The lowest BCUT2D eigenvalue weighted by Crippen LogP contribution is -2.24. The number of nitrogens with zero attached hydrogens (tertiary/aromatic N) is 2. The van der Waals surface area contributed by atoms with Crippen molar-refractivity contribution in [2.24, 2.45) is 7.05 Å². The molecule has 0 unspecified atom stereocenters. The van der Waals surface area contributed by atoms with Crippen LogP contribution in [0.5, 0.6) is 0 Å². The van der Waals surface area contributed by atoms with Crippen LogP contribution >= 0.6 is 11.9 Å². The van der Waals surface area contributed by atoms with Crippen molar-refractivity contribution < 1.29 is 4.79 Å². The maximum absolute atomic E-state index is 11.0. The van der Waals surface area contributed by atoms with Crippen LogP contribution in [0.4, 0.5) is 0 Å². The summed E-state index contributed by atoms with van der Waals surface area (Å²) >= 11 is 1.76. The first-order valence-corrected chi connectivity index (χ1v) is 7.57. The largest absolute Gasteiger partial charge is 0.345 e. The summed E-state index contributed by atoms with van der Waals surface area (Å²) in [7, 11) is 1.94. The summed E-state index contributed by atoms with van der Waals surface area (Å²) in [5.41, 5.74) is 4.76. The van der Waals surface area contributed by atoms with Crippen molar-refractivity contribution in [3.63, 3.8) is 0 Å². The van der Waals surface area contributed by atoms with E-state index >= 15 is 0 Å². The summed E-state index contributed by atoms with van der Waals surface area (Å²) in [6, 6.07) is 10.6. The van der Waals surface area contributed by atoms with E-state index in [9.17, 15) is 4.79 Å². The minimum Gasteiger partial charge on any atom is -0.345 e. The highest BCUT2D eigenvalue weighted by atomic mass is 32.2. The van der Waals surface area contributed by atoms with Crippen molar-refractivity contribution in [3.8, 4) is 0 Å². The van der Waals surface area contributed by atoms with Gasteiger partial charge in [0, 0.05) is 30.7 Å². The minimum absolute atomic E-state index is 0.738. The topological polar surface area (TPSA) is 25.2 Å². The first-order chi connectivity index (χ1) is 9.69. The molecule has 1 aromatic heterocycles. The van der Waals surface area contributed by atoms with E-state index in [-0.39, 0.29) is 0 Å². The summed E-state index contributed by atoms with van der Waals surface area (Å²) in [6.45, 7) is 4.07. The fourth-order valence-electron chi connectivity index (χ4n) is 2.59. The summed E-state index contributed by atoms with van der Waals surface area (Å²) in [5, 5.41) is 0. The van der Waals surface area contributed by atoms with Gasteiger partial charge in [-0.3, -0.25) is 4.79 Å². The number of aldehydes is 1. The lowest BCUT2D eigenvalue weighted by atomic mass is 10.0. The quantitative estimate of drug-likeness (QED) is 0.640. The van der Waals surface area contributed by atoms with Crippen molar-refractivity contribution >= 4 is 18.2 Å². The lowest BCUT2D eigenvalue weighted by Gasteiger charge is -2.27. The molecule has 1 aliphatic rings. The molecule has 0 radical (unpaired) electrons. The zero-order valence-corrected chi connectivity index (χ0v) is 12.6. The second-order valence-electron chi connectivity index (χ2n) is 5.17. The van der Waals surface area contributed by atoms with Crippen LogP contribution in [0.2, 0.25) is 0 Å². The van der Waals surface area contributed by atoms with E-state index in [1.165, 1.54) is 16.0 Å². The normalized spacial score (nSPS) is 15.1. The predicted octanol–water partition coefficient (Wildman–Crippen LogP) is 3.21. The summed E-state index contributed by atoms with van der Waals surface area (Å²) in [6.07, 6.45) is 2.01. The second-order valence-corrected chi connectivity index (χ2v) is 6.31. The van der Waals surface area contributed by atoms with Gasteiger partial charge in [0.25, 0.3) is 0 Å². The molecule has 2 heterocycles. The van der Waals surface area contributed by atoms with Crippen LogP contribution in [0, 0.1) is 6.92 Å². The highest BCUT2D eigenvalue weighted by Gasteiger charge is 2.19. The Hall–Kier alpha value is -1.52. The molecule has 0 bridgehead atoms. The zero-order chi connectivity index (χ0) is 14.1. The van der Waals surface area contributed by atoms with Crippen LogP contribution in [0.3, 0.4) is 0 Å². The molecular weight excluding hydrogens is 268 g/mol. The Balaban J connectivity index is 1.78. The van der Waals surface area contributed by atoms with E-state index in [1.54, 1.807) is 11.9 Å². The predicted molar refractivity (Wildman–Crippen MR) is 82.0 cm³/mol. The molecule has 3 rings (SSSR count). The van der Waals surface area contributed by atoms with Gasteiger partial charge >= 0.3 is 0 Å². The van der Waals surface area contributed by atoms with Crippen LogP contribution in [0.25, 0.3) is 0 Å². The number of hydrogen-bond donors (Lipinski definition) is 0. The fourth-order valence-corrected chi connectivity index (χ4v) is 3.69. The maximum Gasteiger partial charge on any atom is 0.166 e. The number of aromatic nitrogens is 1. The Morgan fingerprint density at radius 1 is 1.25 bits per heavy atom. The van der Waals surface area contributed by atoms with E-state index in [2.05, 4.69) is 35.5 Å². The molecule has 0 atom stereocenters. The highest BCUT2D eigenvalue weighted by molar-refractivity contribution is 7.97. The summed E-state index contributed by atoms with van der Waals surface area (Å²) in [4.78, 5) is 12.2. The molecule has 0 saturated carbocycles. The lowest BCUT2D eigenvalue weighted by molar-refractivity contribution is 0.111. The monoisotopic (exact) mass is 286 g/mol. The van der Waals surface area contributed by atoms with Gasteiger partial charge in [0.2, 0.25) is 0 Å². The number of benzene rings is 1. The van der Waals surface area contributed by atoms with Gasteiger partial charge in [-0.05, 0) is 42.5 Å². The van der Waals surface area contributed by atoms with Gasteiger partial charge in [0.15, 0.2) is 6.29 Å². The van der Waals surface area contributed by atoms with Gasteiger partial charge in [-0.25, -0.2) is 4.31 Å². The van der Waals surface area contributed by atoms with Gasteiger partial charge in [-0.2, -0.15) is 0 Å². The highest BCUT2D eigenvalue weighted by Crippen LogP contribution is 2.32. The third-order valence-electron chi connectivity index (χ3n) is 3.97. The van der Waals surface area contributed by atoms with Gasteiger partial charge in [-0.1, -0.05) is 24.3 Å². The second kappa shape index (κ2) is 5.46. The third kappa shape index (κ3) is 2.41. The first-order valence-electron chi connectivity index (χ1n) is 6.80. The minimum atomic E-state index is 0.738. The molecule has 0 N–H and O–H groups in total. The Morgan fingerprint density at radius 3 is 2.70 bits per heavy atom. The van der Waals surface area contributed by atoms with Crippen LogP contribution < -0.4 is 0 Å². The zero-order valence-electron chi connectivity index (χ0n) is 11.8. The van der Waals surface area contributed by atoms with Gasteiger partial charge in [0.05, 0.1) is 5.69 Å². The number of rotatable bonds is 3. The molecule has 3 nitrogen and oxygen atoms in total. The summed E-state index contributed by atoms with van der Waals surface area (Å²) in [5.74, 6) is 0. The van der Waals surface area contributed by atoms with Crippen LogP contribution in [0.15, 0.2) is 35.2 Å². The van der Waals surface area contributed by atoms with Gasteiger partial charge in [-0.15, -0.1) is 0 Å². The Bertz CT molecular complexity index is 648. The molecule has 0 aliphatic carbocycles. The molecule has 2 aromatic rings. The third-order valence-corrected chi connectivity index (χ3v) is 5.15. The SMILES string of the molecule is Cc1c(SN2CCc3ccccc3C2)cc(C=O)n1C. The van der Waals surface area contributed by atoms with Crippen molar-refractivity contribution in [2.75, 3.05) is 6.54 Å². The molecule has 0 spiro atoms. The average Bonchev–Trinajstić information content (AvgIpc) is 2.75. The van der Waals surface area contributed by atoms with Crippen LogP contribution in [0.1, 0.15) is 27.3 Å². The molecule has 20 heavy (non-hydrogen) atoms. The fraction of sp³-hybridized carbons (Fsp3) is 0.312. The number of fused-ring (bicyclic) bond motifs is 1. The first kappa shape index (κ1) is 13.5. The maximum atomic E-state index is 11.0. The summed E-state index contributed by atoms with van der Waals surface area (Å²) < 4.78 is 4.33. The molecule has 1 aliphatic heterocycles. The van der Waals surface area contributed by atoms with Gasteiger partial charge in [0.1, 0.15) is 0 Å². The molecule has 104 valence electrons. The van der Waals surface area contributed by atoms with E-state index in [4.69, 9.17) is 0 Å². The number of carbonyl (C=O) groups excluding carboxylic acids is 1. The molecular formula is C16H18N2OS. The Morgan fingerprint density at radius 2 is 2.00 bits per heavy atom. The Labute approximate surface area is 123 Å². The number of carbonyl (C=O) groups is 1. The van der Waals surface area contributed by atoms with Crippen LogP contribution in [-0.2, 0) is 20.0 Å². The molecule has 1 aromatic carbocycles. The van der Waals surface area contributed by atoms with Crippen LogP contribution in [-0.4, -0.2) is 21.7 Å². The molecule has 0 fully saturated rings. The molecule has 0 saturated heterocycles. The van der Waals surface area contributed by atoms with Gasteiger partial charge < -0.3 is 4.57 Å². The Kier molecular flexibility index (Phi) is 3.68. The van der Waals surface area contributed by atoms with E-state index < -0.39 is 0 Å². The van der Waals surface area contributed by atoms with Crippen molar-refractivity contribution in [1.29, 1.82) is 0 Å². The van der Waals surface area contributed by atoms with Crippen molar-refractivity contribution in [2.45, 2.75) is 24.8 Å². The van der Waals surface area contributed by atoms with E-state index in [0.717, 1.165) is 37.2 Å². The smallest absolute Gasteiger partial charge is 0.166 e. The number of hydrogen-bond acceptors (Lipinski definition) is 3. The average molecular weight is 286 g/mol.